The highest BCUT2D eigenvalue weighted by atomic mass is 19.4. The minimum atomic E-state index is -4.71. The van der Waals surface area contributed by atoms with Gasteiger partial charge in [0, 0.05) is 19.0 Å². The lowest BCUT2D eigenvalue weighted by Gasteiger charge is -2.32. The SMILES string of the molecule is O=C(NNc1ccc(F)c(F)c1F)C1CCN(c2ccc3nnc(C(F)(F)F)n3n2)CC1. The molecule has 0 aliphatic carbocycles. The Morgan fingerprint density at radius 2 is 1.72 bits per heavy atom. The van der Waals surface area contributed by atoms with E-state index in [9.17, 15) is 31.1 Å². The lowest BCUT2D eigenvalue weighted by atomic mass is 9.96. The van der Waals surface area contributed by atoms with E-state index in [4.69, 9.17) is 0 Å². The van der Waals surface area contributed by atoms with Crippen molar-refractivity contribution in [3.05, 3.63) is 47.5 Å². The van der Waals surface area contributed by atoms with E-state index in [-0.39, 0.29) is 11.5 Å². The summed E-state index contributed by atoms with van der Waals surface area (Å²) in [6.45, 7) is 0.638. The number of hydrogen-bond acceptors (Lipinski definition) is 6. The molecule has 3 heterocycles. The average molecular weight is 459 g/mol. The molecule has 2 N–H and O–H groups in total. The molecule has 0 saturated carbocycles. The van der Waals surface area contributed by atoms with Gasteiger partial charge in [0.15, 0.2) is 23.1 Å². The molecule has 14 heteroatoms. The van der Waals surface area contributed by atoms with Crippen LogP contribution in [0.15, 0.2) is 24.3 Å². The Morgan fingerprint density at radius 3 is 2.41 bits per heavy atom. The second-order valence-corrected chi connectivity index (χ2v) is 7.08. The highest BCUT2D eigenvalue weighted by Gasteiger charge is 2.38. The molecule has 1 fully saturated rings. The molecule has 32 heavy (non-hydrogen) atoms. The van der Waals surface area contributed by atoms with E-state index < -0.39 is 47.0 Å². The maximum Gasteiger partial charge on any atom is 0.453 e. The number of amides is 1. The number of fused-ring (bicyclic) bond motifs is 1. The smallest absolute Gasteiger partial charge is 0.355 e. The van der Waals surface area contributed by atoms with Crippen molar-refractivity contribution in [1.82, 2.24) is 25.2 Å². The van der Waals surface area contributed by atoms with E-state index in [1.54, 1.807) is 4.90 Å². The van der Waals surface area contributed by atoms with Crippen LogP contribution in [0.25, 0.3) is 5.65 Å². The third kappa shape index (κ3) is 4.11. The quantitative estimate of drug-likeness (QED) is 0.355. The fourth-order valence-electron chi connectivity index (χ4n) is 3.35. The molecule has 0 unspecified atom stereocenters. The molecule has 170 valence electrons. The Bertz CT molecular complexity index is 1160. The van der Waals surface area contributed by atoms with Crippen LogP contribution in [-0.4, -0.2) is 38.8 Å². The molecule has 2 aromatic heterocycles. The molecular weight excluding hydrogens is 444 g/mol. The van der Waals surface area contributed by atoms with Gasteiger partial charge in [-0.3, -0.25) is 15.6 Å². The Morgan fingerprint density at radius 1 is 1.00 bits per heavy atom. The number of piperidine rings is 1. The number of nitrogens with one attached hydrogen (secondary N) is 2. The second kappa shape index (κ2) is 8.16. The molecule has 0 radical (unpaired) electrons. The van der Waals surface area contributed by atoms with Crippen LogP contribution >= 0.6 is 0 Å². The van der Waals surface area contributed by atoms with Crippen LogP contribution in [0.3, 0.4) is 0 Å². The predicted molar refractivity (Wildman–Crippen MR) is 98.8 cm³/mol. The summed E-state index contributed by atoms with van der Waals surface area (Å²) in [4.78, 5) is 14.0. The number of carbonyl (C=O) groups excluding carboxylic acids is 1. The van der Waals surface area contributed by atoms with E-state index in [1.807, 2.05) is 0 Å². The number of anilines is 2. The number of alkyl halides is 3. The van der Waals surface area contributed by atoms with Gasteiger partial charge in [0.1, 0.15) is 5.82 Å². The van der Waals surface area contributed by atoms with E-state index >= 15 is 0 Å². The summed E-state index contributed by atoms with van der Waals surface area (Å²) in [7, 11) is 0. The Balaban J connectivity index is 1.38. The number of carbonyl (C=O) groups is 1. The summed E-state index contributed by atoms with van der Waals surface area (Å²) in [6.07, 6.45) is -4.04. The maximum absolute atomic E-state index is 13.7. The predicted octanol–water partition coefficient (Wildman–Crippen LogP) is 2.92. The second-order valence-electron chi connectivity index (χ2n) is 7.08. The van der Waals surface area contributed by atoms with Crippen molar-refractivity contribution >= 4 is 23.1 Å². The van der Waals surface area contributed by atoms with Gasteiger partial charge in [0.05, 0.1) is 5.69 Å². The Labute approximate surface area is 176 Å². The zero-order valence-electron chi connectivity index (χ0n) is 16.1. The molecular formula is C18H15F6N7O. The first-order valence-corrected chi connectivity index (χ1v) is 9.39. The first kappa shape index (κ1) is 21.6. The van der Waals surface area contributed by atoms with Crippen molar-refractivity contribution in [2.24, 2.45) is 5.92 Å². The molecule has 8 nitrogen and oxygen atoms in total. The summed E-state index contributed by atoms with van der Waals surface area (Å²) in [6, 6.07) is 4.54. The van der Waals surface area contributed by atoms with Gasteiger partial charge in [-0.2, -0.15) is 17.7 Å². The van der Waals surface area contributed by atoms with Crippen molar-refractivity contribution in [3.63, 3.8) is 0 Å². The van der Waals surface area contributed by atoms with Crippen LogP contribution in [0.4, 0.5) is 37.8 Å². The minimum absolute atomic E-state index is 0.0501. The van der Waals surface area contributed by atoms with Gasteiger partial charge in [-0.1, -0.05) is 0 Å². The first-order valence-electron chi connectivity index (χ1n) is 9.39. The normalized spacial score (nSPS) is 15.2. The van der Waals surface area contributed by atoms with E-state index in [1.165, 1.54) is 12.1 Å². The van der Waals surface area contributed by atoms with Crippen molar-refractivity contribution in [1.29, 1.82) is 0 Å². The molecule has 1 aromatic carbocycles. The molecule has 1 aliphatic rings. The number of nitrogens with zero attached hydrogens (tertiary/aromatic N) is 5. The van der Waals surface area contributed by atoms with Gasteiger partial charge in [-0.25, -0.2) is 13.2 Å². The van der Waals surface area contributed by atoms with Gasteiger partial charge >= 0.3 is 6.18 Å². The molecule has 0 atom stereocenters. The number of rotatable bonds is 4. The van der Waals surface area contributed by atoms with Crippen LogP contribution in [0.1, 0.15) is 18.7 Å². The lowest BCUT2D eigenvalue weighted by molar-refractivity contribution is -0.146. The van der Waals surface area contributed by atoms with Gasteiger partial charge in [0.2, 0.25) is 5.91 Å². The van der Waals surface area contributed by atoms with E-state index in [0.29, 0.717) is 30.4 Å². The van der Waals surface area contributed by atoms with Gasteiger partial charge in [-0.05, 0) is 37.1 Å². The molecule has 4 rings (SSSR count). The average Bonchev–Trinajstić information content (AvgIpc) is 3.21. The van der Waals surface area contributed by atoms with Crippen molar-refractivity contribution in [2.45, 2.75) is 19.0 Å². The van der Waals surface area contributed by atoms with Crippen molar-refractivity contribution < 1.29 is 31.1 Å². The Kier molecular flexibility index (Phi) is 5.52. The van der Waals surface area contributed by atoms with Crippen LogP contribution in [-0.2, 0) is 11.0 Å². The van der Waals surface area contributed by atoms with Crippen LogP contribution in [0, 0.1) is 23.4 Å². The minimum Gasteiger partial charge on any atom is -0.355 e. The highest BCUT2D eigenvalue weighted by Crippen LogP contribution is 2.29. The van der Waals surface area contributed by atoms with Gasteiger partial charge in [0.25, 0.3) is 5.82 Å². The maximum atomic E-state index is 13.7. The van der Waals surface area contributed by atoms with Gasteiger partial charge in [-0.15, -0.1) is 15.3 Å². The topological polar surface area (TPSA) is 87.5 Å². The Hall–Kier alpha value is -3.58. The number of hydrazine groups is 1. The van der Waals surface area contributed by atoms with Crippen LogP contribution < -0.4 is 15.8 Å². The molecule has 0 spiro atoms. The molecule has 0 bridgehead atoms. The fourth-order valence-corrected chi connectivity index (χ4v) is 3.35. The lowest BCUT2D eigenvalue weighted by Crippen LogP contribution is -2.42. The first-order chi connectivity index (χ1) is 15.1. The molecule has 1 saturated heterocycles. The highest BCUT2D eigenvalue weighted by molar-refractivity contribution is 5.80. The molecule has 1 aliphatic heterocycles. The molecule has 1 amide bonds. The zero-order chi connectivity index (χ0) is 23.0. The van der Waals surface area contributed by atoms with Gasteiger partial charge < -0.3 is 4.90 Å². The molecule has 3 aromatic rings. The summed E-state index contributed by atoms with van der Waals surface area (Å²) in [5.41, 5.74) is 4.01. The third-order valence-corrected chi connectivity index (χ3v) is 5.05. The van der Waals surface area contributed by atoms with Crippen LogP contribution in [0.2, 0.25) is 0 Å². The summed E-state index contributed by atoms with van der Waals surface area (Å²) in [5.74, 6) is -6.43. The fraction of sp³-hybridized carbons (Fsp3) is 0.333. The number of hydrogen-bond donors (Lipinski definition) is 2. The number of benzene rings is 1. The number of halogens is 6. The zero-order valence-corrected chi connectivity index (χ0v) is 16.1. The standard InChI is InChI=1S/C18H15F6N7O/c19-10-1-2-11(15(21)14(10)20)25-27-16(32)9-5-7-30(8-6-9)13-4-3-12-26-28-17(18(22,23)24)31(12)29-13/h1-4,9,25H,5-8H2,(H,27,32). The summed E-state index contributed by atoms with van der Waals surface area (Å²) in [5, 5.41) is 10.5. The van der Waals surface area contributed by atoms with E-state index in [0.717, 1.165) is 12.1 Å². The third-order valence-electron chi connectivity index (χ3n) is 5.05. The van der Waals surface area contributed by atoms with E-state index in [2.05, 4.69) is 26.1 Å². The number of aromatic nitrogens is 4. The summed E-state index contributed by atoms with van der Waals surface area (Å²) < 4.78 is 79.6. The van der Waals surface area contributed by atoms with Crippen LogP contribution in [0.5, 0.6) is 0 Å². The van der Waals surface area contributed by atoms with Crippen molar-refractivity contribution in [3.8, 4) is 0 Å². The monoisotopic (exact) mass is 459 g/mol. The van der Waals surface area contributed by atoms with Crippen molar-refractivity contribution in [2.75, 3.05) is 23.4 Å². The largest absolute Gasteiger partial charge is 0.453 e. The summed E-state index contributed by atoms with van der Waals surface area (Å²) >= 11 is 0.